The van der Waals surface area contributed by atoms with Gasteiger partial charge in [-0.25, -0.2) is 8.78 Å². The van der Waals surface area contributed by atoms with Crippen molar-refractivity contribution in [3.8, 4) is 0 Å². The van der Waals surface area contributed by atoms with E-state index in [1.54, 1.807) is 4.90 Å². The van der Waals surface area contributed by atoms with Crippen LogP contribution in [0.25, 0.3) is 0 Å². The van der Waals surface area contributed by atoms with E-state index < -0.39 is 11.6 Å². The molecule has 1 aliphatic heterocycles. The zero-order chi connectivity index (χ0) is 14.0. The van der Waals surface area contributed by atoms with E-state index in [4.69, 9.17) is 0 Å². The first-order valence-electron chi connectivity index (χ1n) is 6.43. The molecule has 2 nitrogen and oxygen atoms in total. The SMILES string of the molecule is CC=C1CCC(C)N(Cc2ccc(F)c(F)c2)C1=O. The zero-order valence-electron chi connectivity index (χ0n) is 11.1. The van der Waals surface area contributed by atoms with Crippen LogP contribution in [0.5, 0.6) is 0 Å². The molecule has 1 heterocycles. The highest BCUT2D eigenvalue weighted by atomic mass is 19.2. The van der Waals surface area contributed by atoms with Gasteiger partial charge >= 0.3 is 0 Å². The molecule has 19 heavy (non-hydrogen) atoms. The molecule has 1 fully saturated rings. The average Bonchev–Trinajstić information content (AvgIpc) is 2.39. The number of nitrogens with zero attached hydrogens (tertiary/aromatic N) is 1. The van der Waals surface area contributed by atoms with Gasteiger partial charge in [-0.15, -0.1) is 0 Å². The maximum atomic E-state index is 13.2. The first kappa shape index (κ1) is 13.7. The standard InChI is InChI=1S/C15H17F2NO/c1-3-12-6-4-10(2)18(15(12)19)9-11-5-7-13(16)14(17)8-11/h3,5,7-8,10H,4,6,9H2,1-2H3. The first-order chi connectivity index (χ1) is 9.02. The summed E-state index contributed by atoms with van der Waals surface area (Å²) in [5.41, 5.74) is 1.40. The topological polar surface area (TPSA) is 20.3 Å². The molecular weight excluding hydrogens is 248 g/mol. The van der Waals surface area contributed by atoms with Gasteiger partial charge in [-0.1, -0.05) is 12.1 Å². The normalized spacial score (nSPS) is 22.1. The highest BCUT2D eigenvalue weighted by Gasteiger charge is 2.28. The Bertz CT molecular complexity index is 525. The number of rotatable bonds is 2. The Morgan fingerprint density at radius 3 is 2.74 bits per heavy atom. The van der Waals surface area contributed by atoms with Crippen LogP contribution >= 0.6 is 0 Å². The summed E-state index contributed by atoms with van der Waals surface area (Å²) in [6, 6.07) is 3.88. The highest BCUT2D eigenvalue weighted by Crippen LogP contribution is 2.24. The Kier molecular flexibility index (Phi) is 3.98. The van der Waals surface area contributed by atoms with Gasteiger partial charge < -0.3 is 4.90 Å². The monoisotopic (exact) mass is 265 g/mol. The molecule has 0 bridgehead atoms. The summed E-state index contributed by atoms with van der Waals surface area (Å²) >= 11 is 0. The molecule has 1 saturated heterocycles. The summed E-state index contributed by atoms with van der Waals surface area (Å²) in [4.78, 5) is 13.9. The van der Waals surface area contributed by atoms with Crippen molar-refractivity contribution in [2.24, 2.45) is 0 Å². The van der Waals surface area contributed by atoms with Gasteiger partial charge in [0.05, 0.1) is 0 Å². The number of carbonyl (C=O) groups excluding carboxylic acids is 1. The van der Waals surface area contributed by atoms with Gasteiger partial charge in [-0.3, -0.25) is 4.79 Å². The minimum atomic E-state index is -0.874. The number of carbonyl (C=O) groups is 1. The number of allylic oxidation sites excluding steroid dienone is 1. The lowest BCUT2D eigenvalue weighted by molar-refractivity contribution is -0.131. The minimum absolute atomic E-state index is 0.00835. The van der Waals surface area contributed by atoms with E-state index in [2.05, 4.69) is 0 Å². The Morgan fingerprint density at radius 1 is 1.37 bits per heavy atom. The van der Waals surface area contributed by atoms with Crippen LogP contribution in [0.2, 0.25) is 0 Å². The van der Waals surface area contributed by atoms with Crippen LogP contribution in [-0.4, -0.2) is 16.8 Å². The van der Waals surface area contributed by atoms with Crippen LogP contribution in [0.3, 0.4) is 0 Å². The molecular formula is C15H17F2NO. The fourth-order valence-corrected chi connectivity index (χ4v) is 2.34. The summed E-state index contributed by atoms with van der Waals surface area (Å²) in [6.45, 7) is 4.14. The number of amides is 1. The van der Waals surface area contributed by atoms with Gasteiger partial charge in [0, 0.05) is 18.2 Å². The number of piperidine rings is 1. The predicted octanol–water partition coefficient (Wildman–Crippen LogP) is 3.42. The highest BCUT2D eigenvalue weighted by molar-refractivity contribution is 5.94. The van der Waals surface area contributed by atoms with Crippen LogP contribution in [0.15, 0.2) is 29.8 Å². The van der Waals surface area contributed by atoms with E-state index in [0.717, 1.165) is 30.5 Å². The second kappa shape index (κ2) is 5.51. The van der Waals surface area contributed by atoms with Crippen LogP contribution in [0, 0.1) is 11.6 Å². The lowest BCUT2D eigenvalue weighted by Gasteiger charge is -2.34. The predicted molar refractivity (Wildman–Crippen MR) is 69.4 cm³/mol. The number of benzene rings is 1. The second-order valence-corrected chi connectivity index (χ2v) is 4.88. The van der Waals surface area contributed by atoms with Crippen molar-refractivity contribution < 1.29 is 13.6 Å². The van der Waals surface area contributed by atoms with Gasteiger partial charge in [-0.05, 0) is 44.4 Å². The maximum absolute atomic E-state index is 13.2. The van der Waals surface area contributed by atoms with Gasteiger partial charge in [0.25, 0.3) is 0 Å². The first-order valence-corrected chi connectivity index (χ1v) is 6.43. The molecule has 102 valence electrons. The van der Waals surface area contributed by atoms with E-state index in [1.165, 1.54) is 6.07 Å². The van der Waals surface area contributed by atoms with Crippen molar-refractivity contribution in [1.82, 2.24) is 4.90 Å². The Labute approximate surface area is 111 Å². The van der Waals surface area contributed by atoms with E-state index in [-0.39, 0.29) is 11.9 Å². The Balaban J connectivity index is 2.20. The molecule has 1 unspecified atom stereocenters. The molecule has 0 aliphatic carbocycles. The molecule has 1 aromatic carbocycles. The van der Waals surface area contributed by atoms with Crippen LogP contribution < -0.4 is 0 Å². The Hall–Kier alpha value is -1.71. The summed E-state index contributed by atoms with van der Waals surface area (Å²) < 4.78 is 26.1. The molecule has 0 spiro atoms. The van der Waals surface area contributed by atoms with Gasteiger partial charge in [0.1, 0.15) is 0 Å². The molecule has 1 aromatic rings. The minimum Gasteiger partial charge on any atom is -0.332 e. The van der Waals surface area contributed by atoms with Crippen LogP contribution in [0.4, 0.5) is 8.78 Å². The Morgan fingerprint density at radius 2 is 2.11 bits per heavy atom. The number of halogens is 2. The smallest absolute Gasteiger partial charge is 0.249 e. The van der Waals surface area contributed by atoms with Gasteiger partial charge in [0.15, 0.2) is 11.6 Å². The molecule has 1 aliphatic rings. The van der Waals surface area contributed by atoms with Crippen molar-refractivity contribution in [2.75, 3.05) is 0 Å². The van der Waals surface area contributed by atoms with E-state index in [9.17, 15) is 13.6 Å². The number of likely N-dealkylation sites (tertiary alicyclic amines) is 1. The summed E-state index contributed by atoms with van der Waals surface area (Å²) in [7, 11) is 0. The molecule has 0 aromatic heterocycles. The lowest BCUT2D eigenvalue weighted by Crippen LogP contribution is -2.42. The number of hydrogen-bond donors (Lipinski definition) is 0. The second-order valence-electron chi connectivity index (χ2n) is 4.88. The quantitative estimate of drug-likeness (QED) is 0.750. The molecule has 0 radical (unpaired) electrons. The third kappa shape index (κ3) is 2.83. The molecule has 2 rings (SSSR count). The van der Waals surface area contributed by atoms with Crippen molar-refractivity contribution >= 4 is 5.91 Å². The average molecular weight is 265 g/mol. The summed E-state index contributed by atoms with van der Waals surface area (Å²) in [6.07, 6.45) is 3.51. The fourth-order valence-electron chi connectivity index (χ4n) is 2.34. The van der Waals surface area contributed by atoms with Crippen molar-refractivity contribution in [1.29, 1.82) is 0 Å². The molecule has 0 saturated carbocycles. The molecule has 1 amide bonds. The van der Waals surface area contributed by atoms with Crippen molar-refractivity contribution in [2.45, 2.75) is 39.3 Å². The number of hydrogen-bond acceptors (Lipinski definition) is 1. The lowest BCUT2D eigenvalue weighted by atomic mass is 9.97. The van der Waals surface area contributed by atoms with Crippen LogP contribution in [0.1, 0.15) is 32.3 Å². The van der Waals surface area contributed by atoms with Crippen LogP contribution in [-0.2, 0) is 11.3 Å². The fraction of sp³-hybridized carbons (Fsp3) is 0.400. The molecule has 1 atom stereocenters. The van der Waals surface area contributed by atoms with Crippen molar-refractivity contribution in [3.63, 3.8) is 0 Å². The van der Waals surface area contributed by atoms with Gasteiger partial charge in [0.2, 0.25) is 5.91 Å². The van der Waals surface area contributed by atoms with Crippen molar-refractivity contribution in [3.05, 3.63) is 47.0 Å². The third-order valence-corrected chi connectivity index (χ3v) is 3.58. The van der Waals surface area contributed by atoms with E-state index in [1.807, 2.05) is 19.9 Å². The zero-order valence-corrected chi connectivity index (χ0v) is 11.1. The molecule has 0 N–H and O–H groups in total. The van der Waals surface area contributed by atoms with E-state index in [0.29, 0.717) is 12.1 Å². The maximum Gasteiger partial charge on any atom is 0.249 e. The van der Waals surface area contributed by atoms with Gasteiger partial charge in [-0.2, -0.15) is 0 Å². The third-order valence-electron chi connectivity index (χ3n) is 3.58. The summed E-state index contributed by atoms with van der Waals surface area (Å²) in [5, 5.41) is 0. The summed E-state index contributed by atoms with van der Waals surface area (Å²) in [5.74, 6) is -1.75. The van der Waals surface area contributed by atoms with E-state index >= 15 is 0 Å². The largest absolute Gasteiger partial charge is 0.332 e. The molecule has 4 heteroatoms.